The number of carbonyl (C=O) groups excluding carboxylic acids is 2. The minimum absolute atomic E-state index is 0.116. The molecule has 0 atom stereocenters. The minimum atomic E-state index is -0.816. The second-order valence-electron chi connectivity index (χ2n) is 5.94. The van der Waals surface area contributed by atoms with Crippen LogP contribution in [0.1, 0.15) is 33.3 Å². The standard InChI is InChI=1S/C17H25N3O4/c1-11(2)10-24-14-7-6-13(8-15(14)23-5)9-18-20-17(22)16(21)19-12(3)4/h6-9,11-12H,10H2,1-5H3,(H,19,21)(H,20,22)/b18-9-. The number of methoxy groups -OCH3 is 1. The molecule has 0 unspecified atom stereocenters. The molecule has 0 spiro atoms. The second-order valence-corrected chi connectivity index (χ2v) is 5.94. The molecule has 2 N–H and O–H groups in total. The Hall–Kier alpha value is -2.57. The summed E-state index contributed by atoms with van der Waals surface area (Å²) >= 11 is 0. The van der Waals surface area contributed by atoms with Gasteiger partial charge in [-0.25, -0.2) is 5.43 Å². The first-order valence-corrected chi connectivity index (χ1v) is 7.78. The molecule has 132 valence electrons. The van der Waals surface area contributed by atoms with E-state index in [0.717, 1.165) is 0 Å². The average Bonchev–Trinajstić information content (AvgIpc) is 2.52. The van der Waals surface area contributed by atoms with E-state index in [1.165, 1.54) is 6.21 Å². The van der Waals surface area contributed by atoms with Crippen molar-refractivity contribution in [3.63, 3.8) is 0 Å². The van der Waals surface area contributed by atoms with Crippen LogP contribution in [0.5, 0.6) is 11.5 Å². The molecule has 0 aliphatic rings. The quantitative estimate of drug-likeness (QED) is 0.451. The Kier molecular flexibility index (Phi) is 7.74. The Morgan fingerprint density at radius 2 is 1.88 bits per heavy atom. The number of nitrogens with zero attached hydrogens (tertiary/aromatic N) is 1. The summed E-state index contributed by atoms with van der Waals surface area (Å²) in [6, 6.07) is 5.17. The maximum Gasteiger partial charge on any atom is 0.329 e. The fourth-order valence-corrected chi connectivity index (χ4v) is 1.68. The number of hydrogen-bond donors (Lipinski definition) is 2. The van der Waals surface area contributed by atoms with Crippen LogP contribution in [-0.2, 0) is 9.59 Å². The SMILES string of the molecule is COc1cc(/C=N\NC(=O)C(=O)NC(C)C)ccc1OCC(C)C. The van der Waals surface area contributed by atoms with Crippen LogP contribution in [0.2, 0.25) is 0 Å². The summed E-state index contributed by atoms with van der Waals surface area (Å²) in [5.41, 5.74) is 2.88. The van der Waals surface area contributed by atoms with E-state index in [2.05, 4.69) is 29.7 Å². The fraction of sp³-hybridized carbons (Fsp3) is 0.471. The highest BCUT2D eigenvalue weighted by atomic mass is 16.5. The maximum atomic E-state index is 11.5. The van der Waals surface area contributed by atoms with Crippen molar-refractivity contribution in [2.45, 2.75) is 33.7 Å². The van der Waals surface area contributed by atoms with E-state index in [0.29, 0.717) is 29.6 Å². The van der Waals surface area contributed by atoms with E-state index in [4.69, 9.17) is 9.47 Å². The van der Waals surface area contributed by atoms with Gasteiger partial charge in [0.15, 0.2) is 11.5 Å². The Morgan fingerprint density at radius 1 is 1.17 bits per heavy atom. The molecule has 1 aromatic carbocycles. The number of amides is 2. The summed E-state index contributed by atoms with van der Waals surface area (Å²) in [5, 5.41) is 6.25. The van der Waals surface area contributed by atoms with Crippen molar-refractivity contribution < 1.29 is 19.1 Å². The third-order valence-corrected chi connectivity index (χ3v) is 2.77. The van der Waals surface area contributed by atoms with Gasteiger partial charge in [-0.15, -0.1) is 0 Å². The number of ether oxygens (including phenoxy) is 2. The van der Waals surface area contributed by atoms with Crippen LogP contribution in [0.15, 0.2) is 23.3 Å². The van der Waals surface area contributed by atoms with E-state index < -0.39 is 11.8 Å². The van der Waals surface area contributed by atoms with Crippen LogP contribution in [0.25, 0.3) is 0 Å². The predicted octanol–water partition coefficient (Wildman–Crippen LogP) is 1.70. The van der Waals surface area contributed by atoms with Gasteiger partial charge < -0.3 is 14.8 Å². The van der Waals surface area contributed by atoms with Crippen molar-refractivity contribution in [1.29, 1.82) is 0 Å². The van der Waals surface area contributed by atoms with Crippen molar-refractivity contribution in [2.24, 2.45) is 11.0 Å². The zero-order chi connectivity index (χ0) is 18.1. The molecule has 7 heteroatoms. The van der Waals surface area contributed by atoms with E-state index in [1.54, 1.807) is 39.2 Å². The summed E-state index contributed by atoms with van der Waals surface area (Å²) in [6.07, 6.45) is 1.43. The topological polar surface area (TPSA) is 89.0 Å². The molecule has 0 bridgehead atoms. The molecule has 7 nitrogen and oxygen atoms in total. The normalized spacial score (nSPS) is 11.0. The number of hydrazone groups is 1. The first-order valence-electron chi connectivity index (χ1n) is 7.78. The zero-order valence-electron chi connectivity index (χ0n) is 14.8. The molecule has 0 saturated carbocycles. The Morgan fingerprint density at radius 3 is 2.46 bits per heavy atom. The second kappa shape index (κ2) is 9.54. The van der Waals surface area contributed by atoms with Gasteiger partial charge in [-0.05, 0) is 43.5 Å². The van der Waals surface area contributed by atoms with Gasteiger partial charge in [-0.2, -0.15) is 5.10 Å². The third kappa shape index (κ3) is 6.68. The largest absolute Gasteiger partial charge is 0.493 e. The fourth-order valence-electron chi connectivity index (χ4n) is 1.68. The molecule has 0 saturated heterocycles. The molecule has 0 fully saturated rings. The third-order valence-electron chi connectivity index (χ3n) is 2.77. The molecule has 0 aliphatic carbocycles. The summed E-state index contributed by atoms with van der Waals surface area (Å²) < 4.78 is 11.0. The minimum Gasteiger partial charge on any atom is -0.493 e. The first-order chi connectivity index (χ1) is 11.3. The summed E-state index contributed by atoms with van der Waals surface area (Å²) in [4.78, 5) is 22.9. The highest BCUT2D eigenvalue weighted by Gasteiger charge is 2.13. The molecule has 1 aromatic rings. The molecule has 1 rings (SSSR count). The lowest BCUT2D eigenvalue weighted by Crippen LogP contribution is -2.41. The number of rotatable bonds is 7. The van der Waals surface area contributed by atoms with E-state index in [9.17, 15) is 9.59 Å². The highest BCUT2D eigenvalue weighted by Crippen LogP contribution is 2.27. The molecular weight excluding hydrogens is 310 g/mol. The van der Waals surface area contributed by atoms with Crippen LogP contribution in [-0.4, -0.2) is 37.8 Å². The van der Waals surface area contributed by atoms with Gasteiger partial charge >= 0.3 is 11.8 Å². The van der Waals surface area contributed by atoms with Gasteiger partial charge in [0, 0.05) is 6.04 Å². The van der Waals surface area contributed by atoms with E-state index >= 15 is 0 Å². The lowest BCUT2D eigenvalue weighted by molar-refractivity contribution is -0.139. The van der Waals surface area contributed by atoms with Gasteiger partial charge in [-0.3, -0.25) is 9.59 Å². The van der Waals surface area contributed by atoms with Gasteiger partial charge in [0.25, 0.3) is 0 Å². The Bertz CT molecular complexity index is 597. The smallest absolute Gasteiger partial charge is 0.329 e. The molecule has 0 aliphatic heterocycles. The molecular formula is C17H25N3O4. The number of benzene rings is 1. The van der Waals surface area contributed by atoms with Crippen molar-refractivity contribution in [1.82, 2.24) is 10.7 Å². The molecule has 0 heterocycles. The number of nitrogens with one attached hydrogen (secondary N) is 2. The number of carbonyl (C=O) groups is 2. The lowest BCUT2D eigenvalue weighted by atomic mass is 10.2. The van der Waals surface area contributed by atoms with Gasteiger partial charge in [-0.1, -0.05) is 13.8 Å². The highest BCUT2D eigenvalue weighted by molar-refractivity contribution is 6.35. The summed E-state index contributed by atoms with van der Waals surface area (Å²) in [6.45, 7) is 8.25. The maximum absolute atomic E-state index is 11.5. The van der Waals surface area contributed by atoms with Gasteiger partial charge in [0.1, 0.15) is 0 Å². The molecule has 24 heavy (non-hydrogen) atoms. The van der Waals surface area contributed by atoms with Gasteiger partial charge in [0.05, 0.1) is 19.9 Å². The lowest BCUT2D eigenvalue weighted by Gasteiger charge is -2.12. The number of hydrogen-bond acceptors (Lipinski definition) is 5. The van der Waals surface area contributed by atoms with Crippen LogP contribution in [0.4, 0.5) is 0 Å². The Balaban J connectivity index is 2.67. The van der Waals surface area contributed by atoms with Crippen LogP contribution in [0.3, 0.4) is 0 Å². The van der Waals surface area contributed by atoms with Crippen molar-refractivity contribution in [2.75, 3.05) is 13.7 Å². The molecule has 0 radical (unpaired) electrons. The van der Waals surface area contributed by atoms with E-state index in [-0.39, 0.29) is 6.04 Å². The van der Waals surface area contributed by atoms with E-state index in [1.807, 2.05) is 0 Å². The zero-order valence-corrected chi connectivity index (χ0v) is 14.8. The first kappa shape index (κ1) is 19.5. The van der Waals surface area contributed by atoms with Crippen LogP contribution in [0, 0.1) is 5.92 Å². The van der Waals surface area contributed by atoms with Crippen molar-refractivity contribution in [3.8, 4) is 11.5 Å². The van der Waals surface area contributed by atoms with Crippen molar-refractivity contribution >= 4 is 18.0 Å². The van der Waals surface area contributed by atoms with Gasteiger partial charge in [0.2, 0.25) is 0 Å². The molecule has 0 aromatic heterocycles. The Labute approximate surface area is 142 Å². The van der Waals surface area contributed by atoms with Crippen molar-refractivity contribution in [3.05, 3.63) is 23.8 Å². The molecule has 2 amide bonds. The predicted molar refractivity (Wildman–Crippen MR) is 92.3 cm³/mol. The van der Waals surface area contributed by atoms with Crippen LogP contribution < -0.4 is 20.2 Å². The van der Waals surface area contributed by atoms with Crippen LogP contribution >= 0.6 is 0 Å². The monoisotopic (exact) mass is 335 g/mol. The summed E-state index contributed by atoms with van der Waals surface area (Å²) in [5.74, 6) is 0.0799. The summed E-state index contributed by atoms with van der Waals surface area (Å²) in [7, 11) is 1.55. The average molecular weight is 335 g/mol.